The number of hydrogen-bond acceptors (Lipinski definition) is 0. The van der Waals surface area contributed by atoms with Crippen LogP contribution in [-0.4, -0.2) is 4.57 Å². The van der Waals surface area contributed by atoms with Crippen LogP contribution in [0.5, 0.6) is 0 Å². The van der Waals surface area contributed by atoms with Gasteiger partial charge in [0, 0.05) is 61.1 Å². The van der Waals surface area contributed by atoms with E-state index in [0.717, 1.165) is 24.1 Å². The maximum atomic E-state index is 3.15. The van der Waals surface area contributed by atoms with Crippen LogP contribution in [0.25, 0.3) is 44.1 Å². The second-order valence-electron chi connectivity index (χ2n) is 10.5. The maximum Gasteiger partial charge on any atom is 0.0491 e. The molecule has 7 aromatic rings. The molecule has 0 saturated heterocycles. The van der Waals surface area contributed by atoms with Crippen LogP contribution in [0, 0.1) is 12.1 Å². The predicted molar refractivity (Wildman–Crippen MR) is 185 cm³/mol. The maximum absolute atomic E-state index is 3.15. The number of benzene rings is 6. The fourth-order valence-electron chi connectivity index (χ4n) is 5.55. The second-order valence-corrected chi connectivity index (χ2v) is 10.5. The van der Waals surface area contributed by atoms with Gasteiger partial charge < -0.3 is 4.57 Å². The Kier molecular flexibility index (Phi) is 12.7. The van der Waals surface area contributed by atoms with Gasteiger partial charge in [0.15, 0.2) is 0 Å². The average molecular weight is 647 g/mol. The number of aryl methyl sites for hydroxylation is 1. The summed E-state index contributed by atoms with van der Waals surface area (Å²) in [5, 5.41) is 2.71. The summed E-state index contributed by atoms with van der Waals surface area (Å²) in [5.74, 6) is 0. The molecule has 1 heterocycles. The fourth-order valence-corrected chi connectivity index (χ4v) is 5.55. The summed E-state index contributed by atoms with van der Waals surface area (Å²) in [7, 11) is 0. The van der Waals surface area contributed by atoms with Gasteiger partial charge in [-0.15, -0.1) is 12.1 Å². The first-order valence-electron chi connectivity index (χ1n) is 15.3. The van der Waals surface area contributed by atoms with Gasteiger partial charge in [-0.3, -0.25) is 0 Å². The van der Waals surface area contributed by atoms with Crippen LogP contribution in [0.1, 0.15) is 38.3 Å². The van der Waals surface area contributed by atoms with Crippen molar-refractivity contribution in [2.45, 2.75) is 40.2 Å². The molecular weight excluding hydrogens is 607 g/mol. The number of rotatable bonds is 2. The monoisotopic (exact) mass is 646 g/mol. The van der Waals surface area contributed by atoms with Gasteiger partial charge in [-0.05, 0) is 47.7 Å². The van der Waals surface area contributed by atoms with E-state index in [1.165, 1.54) is 50.5 Å². The second kappa shape index (κ2) is 16.9. The van der Waals surface area contributed by atoms with Gasteiger partial charge in [0.25, 0.3) is 0 Å². The summed E-state index contributed by atoms with van der Waals surface area (Å²) in [5.41, 5.74) is 10.6. The number of hydrogen-bond donors (Lipinski definition) is 0. The Balaban J connectivity index is 0.000000143. The van der Waals surface area contributed by atoms with Crippen LogP contribution < -0.4 is 0 Å². The molecule has 0 bridgehead atoms. The van der Waals surface area contributed by atoms with Gasteiger partial charge in [-0.1, -0.05) is 105 Å². The summed E-state index contributed by atoms with van der Waals surface area (Å²) in [6.07, 6.45) is 2.35. The zero-order valence-corrected chi connectivity index (χ0v) is 28.8. The SMILES string of the molecule is CCC.CCn1c2ccccc2c2ccccc21.[Y].[c-]1ccccc1-c1[c-]cccc1.c1ccc2c(c1)Cc1ccccc1-2. The molecule has 1 aromatic heterocycles. The number of fused-ring (bicyclic) bond motifs is 6. The molecule has 8 rings (SSSR count). The Labute approximate surface area is 288 Å². The fraction of sp³-hybridized carbons (Fsp3) is 0.143. The molecule has 1 nitrogen and oxygen atoms in total. The Morgan fingerprint density at radius 3 is 1.30 bits per heavy atom. The third-order valence-corrected chi connectivity index (χ3v) is 7.41. The molecule has 2 heteroatoms. The van der Waals surface area contributed by atoms with E-state index < -0.39 is 0 Å². The quantitative estimate of drug-likeness (QED) is 0.165. The molecule has 0 amide bonds. The molecular formula is C42H39NY-2. The van der Waals surface area contributed by atoms with Crippen LogP contribution in [0.3, 0.4) is 0 Å². The van der Waals surface area contributed by atoms with Crippen LogP contribution in [0.4, 0.5) is 0 Å². The smallest absolute Gasteiger partial charge is 0.0491 e. The van der Waals surface area contributed by atoms with E-state index in [-0.39, 0.29) is 32.7 Å². The van der Waals surface area contributed by atoms with Crippen LogP contribution in [-0.2, 0) is 45.7 Å². The van der Waals surface area contributed by atoms with Crippen molar-refractivity contribution < 1.29 is 32.7 Å². The molecule has 44 heavy (non-hydrogen) atoms. The average Bonchev–Trinajstić information content (AvgIpc) is 3.62. The molecule has 0 fully saturated rings. The standard InChI is InChI=1S/C14H13N.C13H10.C12H8.C3H8.Y/c1-2-15-13-9-5-3-7-11(13)12-8-4-6-10-14(12)15;1-3-7-12-10(5-1)9-11-6-2-4-8-13(11)12;1-3-7-11(8-4-1)12-9-5-2-6-10-12;1-3-2;/h3-10H,2H2,1H3;1-8H,9H2;1-7,9H;3H2,1-2H3;/q;;-2;;. The van der Waals surface area contributed by atoms with Gasteiger partial charge in [0.2, 0.25) is 0 Å². The number of aromatic nitrogens is 1. The van der Waals surface area contributed by atoms with E-state index in [1.807, 2.05) is 48.5 Å². The summed E-state index contributed by atoms with van der Waals surface area (Å²) in [6.45, 7) is 7.47. The third kappa shape index (κ3) is 7.83. The van der Waals surface area contributed by atoms with Gasteiger partial charge in [0.1, 0.15) is 0 Å². The minimum atomic E-state index is 0. The topological polar surface area (TPSA) is 4.93 Å². The number of nitrogens with zero attached hydrogens (tertiary/aromatic N) is 1. The summed E-state index contributed by atoms with van der Waals surface area (Å²) in [4.78, 5) is 0. The zero-order valence-electron chi connectivity index (χ0n) is 26.0. The van der Waals surface area contributed by atoms with E-state index in [0.29, 0.717) is 0 Å². The molecule has 0 atom stereocenters. The van der Waals surface area contributed by atoms with Crippen LogP contribution >= 0.6 is 0 Å². The molecule has 0 spiro atoms. The molecule has 1 aliphatic rings. The van der Waals surface area contributed by atoms with Crippen LogP contribution in [0.15, 0.2) is 146 Å². The van der Waals surface area contributed by atoms with Gasteiger partial charge >= 0.3 is 0 Å². The van der Waals surface area contributed by atoms with Gasteiger partial charge in [-0.2, -0.15) is 48.5 Å². The van der Waals surface area contributed by atoms with E-state index in [2.05, 4.69) is 135 Å². The van der Waals surface area contributed by atoms with Crippen molar-refractivity contribution in [1.82, 2.24) is 4.57 Å². The first-order chi connectivity index (χ1) is 21.2. The van der Waals surface area contributed by atoms with Crippen molar-refractivity contribution in [3.63, 3.8) is 0 Å². The normalized spacial score (nSPS) is 10.5. The Hall–Kier alpha value is -3.78. The van der Waals surface area contributed by atoms with Gasteiger partial charge in [-0.25, -0.2) is 11.1 Å². The van der Waals surface area contributed by atoms with Crippen molar-refractivity contribution in [3.05, 3.63) is 169 Å². The Morgan fingerprint density at radius 1 is 0.500 bits per heavy atom. The Morgan fingerprint density at radius 2 is 0.886 bits per heavy atom. The summed E-state index contributed by atoms with van der Waals surface area (Å²) < 4.78 is 2.37. The largest absolute Gasteiger partial charge is 0.341 e. The minimum Gasteiger partial charge on any atom is -0.341 e. The van der Waals surface area contributed by atoms with Crippen molar-refractivity contribution in [1.29, 1.82) is 0 Å². The van der Waals surface area contributed by atoms with Crippen molar-refractivity contribution in [3.8, 4) is 22.3 Å². The predicted octanol–water partition coefficient (Wildman–Crippen LogP) is 11.4. The first kappa shape index (κ1) is 33.1. The van der Waals surface area contributed by atoms with Crippen molar-refractivity contribution in [2.75, 3.05) is 0 Å². The molecule has 217 valence electrons. The van der Waals surface area contributed by atoms with E-state index in [9.17, 15) is 0 Å². The van der Waals surface area contributed by atoms with E-state index >= 15 is 0 Å². The molecule has 1 radical (unpaired) electrons. The summed E-state index contributed by atoms with van der Waals surface area (Å²) in [6, 6.07) is 56.7. The van der Waals surface area contributed by atoms with E-state index in [1.54, 1.807) is 0 Å². The molecule has 0 unspecified atom stereocenters. The van der Waals surface area contributed by atoms with Crippen molar-refractivity contribution in [2.24, 2.45) is 0 Å². The van der Waals surface area contributed by atoms with Crippen LogP contribution in [0.2, 0.25) is 0 Å². The molecule has 6 aromatic carbocycles. The van der Waals surface area contributed by atoms with Gasteiger partial charge in [0.05, 0.1) is 0 Å². The molecule has 0 aliphatic heterocycles. The molecule has 0 N–H and O–H groups in total. The first-order valence-corrected chi connectivity index (χ1v) is 15.3. The number of para-hydroxylation sites is 2. The molecule has 1 aliphatic carbocycles. The Bertz CT molecular complexity index is 1730. The minimum absolute atomic E-state index is 0. The molecule has 0 saturated carbocycles. The van der Waals surface area contributed by atoms with Crippen molar-refractivity contribution >= 4 is 21.8 Å². The summed E-state index contributed by atoms with van der Waals surface area (Å²) >= 11 is 0. The third-order valence-electron chi connectivity index (χ3n) is 7.41. The zero-order chi connectivity index (χ0) is 29.9. The van der Waals surface area contributed by atoms with E-state index in [4.69, 9.17) is 0 Å².